The molecule has 0 aliphatic rings. The van der Waals surface area contributed by atoms with E-state index in [9.17, 15) is 4.79 Å². The number of hydrazine groups is 1. The molecule has 0 aromatic heterocycles. The Balaban J connectivity index is 1.71. The van der Waals surface area contributed by atoms with Crippen molar-refractivity contribution >= 4 is 11.6 Å². The van der Waals surface area contributed by atoms with E-state index in [2.05, 4.69) is 5.43 Å². The average molecular weight is 346 g/mol. The van der Waals surface area contributed by atoms with Crippen LogP contribution in [0.25, 0.3) is 0 Å². The Morgan fingerprint density at radius 1 is 0.846 bits per heavy atom. The number of nitrogens with zero attached hydrogens (tertiary/aromatic N) is 1. The van der Waals surface area contributed by atoms with Crippen molar-refractivity contribution in [2.24, 2.45) is 0 Å². The molecule has 3 aromatic rings. The second kappa shape index (κ2) is 8.72. The van der Waals surface area contributed by atoms with E-state index in [1.165, 1.54) is 0 Å². The fourth-order valence-corrected chi connectivity index (χ4v) is 2.69. The minimum absolute atomic E-state index is 0.0602. The van der Waals surface area contributed by atoms with E-state index in [0.29, 0.717) is 13.0 Å². The van der Waals surface area contributed by atoms with Gasteiger partial charge >= 0.3 is 0 Å². The minimum atomic E-state index is -0.0602. The summed E-state index contributed by atoms with van der Waals surface area (Å²) in [6.07, 6.45) is 0.308. The molecule has 0 aliphatic carbocycles. The summed E-state index contributed by atoms with van der Waals surface area (Å²) in [5.41, 5.74) is 6.03. The van der Waals surface area contributed by atoms with E-state index in [1.54, 1.807) is 7.11 Å². The number of ether oxygens (including phenoxy) is 1. The maximum Gasteiger partial charge on any atom is 0.242 e. The summed E-state index contributed by atoms with van der Waals surface area (Å²) in [7, 11) is 1.63. The zero-order chi connectivity index (χ0) is 18.2. The highest BCUT2D eigenvalue weighted by atomic mass is 16.5. The fourth-order valence-electron chi connectivity index (χ4n) is 2.69. The molecule has 0 unspecified atom stereocenters. The van der Waals surface area contributed by atoms with E-state index >= 15 is 0 Å². The van der Waals surface area contributed by atoms with E-state index in [-0.39, 0.29) is 5.91 Å². The number of methoxy groups -OCH3 is 1. The highest BCUT2D eigenvalue weighted by molar-refractivity contribution is 5.80. The number of nitrogens with one attached hydrogen (secondary N) is 1. The van der Waals surface area contributed by atoms with Crippen LogP contribution in [-0.4, -0.2) is 13.0 Å². The monoisotopic (exact) mass is 346 g/mol. The summed E-state index contributed by atoms with van der Waals surface area (Å²) in [6, 6.07) is 27.5. The zero-order valence-corrected chi connectivity index (χ0v) is 14.8. The predicted octanol–water partition coefficient (Wildman–Crippen LogP) is 3.98. The summed E-state index contributed by atoms with van der Waals surface area (Å²) in [5, 5.41) is 1.88. The third-order valence-corrected chi connectivity index (χ3v) is 4.03. The molecule has 0 saturated carbocycles. The number of hydrogen-bond acceptors (Lipinski definition) is 3. The summed E-state index contributed by atoms with van der Waals surface area (Å²) in [5.74, 6) is 0.721. The molecule has 0 bridgehead atoms. The normalized spacial score (nSPS) is 10.2. The first-order valence-corrected chi connectivity index (χ1v) is 8.53. The first-order valence-electron chi connectivity index (χ1n) is 8.53. The average Bonchev–Trinajstić information content (AvgIpc) is 2.69. The number of benzene rings is 3. The van der Waals surface area contributed by atoms with Crippen LogP contribution >= 0.6 is 0 Å². The first-order chi connectivity index (χ1) is 12.7. The van der Waals surface area contributed by atoms with Crippen LogP contribution in [0, 0.1) is 0 Å². The second-order valence-corrected chi connectivity index (χ2v) is 5.97. The van der Waals surface area contributed by atoms with E-state index in [0.717, 1.165) is 22.6 Å². The molecular weight excluding hydrogens is 324 g/mol. The van der Waals surface area contributed by atoms with Gasteiger partial charge in [0, 0.05) is 0 Å². The molecule has 3 rings (SSSR count). The van der Waals surface area contributed by atoms with E-state index in [1.807, 2.05) is 89.9 Å². The zero-order valence-electron chi connectivity index (χ0n) is 14.8. The van der Waals surface area contributed by atoms with Gasteiger partial charge < -0.3 is 4.74 Å². The Bertz CT molecular complexity index is 818. The number of rotatable bonds is 7. The van der Waals surface area contributed by atoms with Gasteiger partial charge in [-0.3, -0.25) is 15.2 Å². The molecule has 0 aliphatic heterocycles. The number of carbonyl (C=O) groups excluding carboxylic acids is 1. The number of hydrogen-bond donors (Lipinski definition) is 1. The Labute approximate surface area is 154 Å². The molecule has 0 fully saturated rings. The van der Waals surface area contributed by atoms with Gasteiger partial charge in [0.05, 0.1) is 25.8 Å². The van der Waals surface area contributed by atoms with Crippen molar-refractivity contribution in [1.82, 2.24) is 5.43 Å². The molecule has 0 saturated heterocycles. The summed E-state index contributed by atoms with van der Waals surface area (Å²) >= 11 is 0. The molecule has 4 heteroatoms. The molecule has 4 nitrogen and oxygen atoms in total. The van der Waals surface area contributed by atoms with Gasteiger partial charge in [-0.25, -0.2) is 0 Å². The number of para-hydroxylation sites is 1. The van der Waals surface area contributed by atoms with Crippen molar-refractivity contribution < 1.29 is 9.53 Å². The first kappa shape index (κ1) is 17.5. The quantitative estimate of drug-likeness (QED) is 0.658. The van der Waals surface area contributed by atoms with Gasteiger partial charge in [0.1, 0.15) is 5.75 Å². The molecule has 1 N–H and O–H groups in total. The van der Waals surface area contributed by atoms with E-state index < -0.39 is 0 Å². The van der Waals surface area contributed by atoms with E-state index in [4.69, 9.17) is 4.74 Å². The Morgan fingerprint density at radius 3 is 2.08 bits per heavy atom. The van der Waals surface area contributed by atoms with Gasteiger partial charge in [-0.2, -0.15) is 0 Å². The second-order valence-electron chi connectivity index (χ2n) is 5.97. The van der Waals surface area contributed by atoms with Gasteiger partial charge in [-0.15, -0.1) is 0 Å². The summed E-state index contributed by atoms with van der Waals surface area (Å²) < 4.78 is 5.15. The lowest BCUT2D eigenvalue weighted by atomic mass is 10.1. The third-order valence-electron chi connectivity index (χ3n) is 4.03. The molecule has 26 heavy (non-hydrogen) atoms. The maximum absolute atomic E-state index is 12.6. The lowest BCUT2D eigenvalue weighted by molar-refractivity contribution is -0.120. The molecule has 0 radical (unpaired) electrons. The van der Waals surface area contributed by atoms with Crippen LogP contribution in [-0.2, 0) is 17.8 Å². The number of amides is 1. The molecule has 1 amide bonds. The Morgan fingerprint density at radius 2 is 1.46 bits per heavy atom. The summed E-state index contributed by atoms with van der Waals surface area (Å²) in [6.45, 7) is 0.596. The number of carbonyl (C=O) groups is 1. The molecule has 0 spiro atoms. The van der Waals surface area contributed by atoms with Gasteiger partial charge in [0.25, 0.3) is 0 Å². The Hall–Kier alpha value is -3.27. The van der Waals surface area contributed by atoms with Crippen LogP contribution in [0.3, 0.4) is 0 Å². The molecule has 3 aromatic carbocycles. The standard InChI is InChI=1S/C22H22N2O2/c1-26-21-14-12-18(13-15-21)16-22(25)23-24(20-10-6-3-7-11-20)17-19-8-4-2-5-9-19/h2-15H,16-17H2,1H3,(H,23,25). The van der Waals surface area contributed by atoms with Crippen LogP contribution in [0.2, 0.25) is 0 Å². The van der Waals surface area contributed by atoms with Gasteiger partial charge in [0.2, 0.25) is 5.91 Å². The van der Waals surface area contributed by atoms with Gasteiger partial charge in [-0.1, -0.05) is 60.7 Å². The van der Waals surface area contributed by atoms with Crippen molar-refractivity contribution in [2.45, 2.75) is 13.0 Å². The lowest BCUT2D eigenvalue weighted by Gasteiger charge is -2.25. The van der Waals surface area contributed by atoms with Crippen LogP contribution in [0.5, 0.6) is 5.75 Å². The predicted molar refractivity (Wildman–Crippen MR) is 104 cm³/mol. The van der Waals surface area contributed by atoms with Crippen LogP contribution < -0.4 is 15.2 Å². The lowest BCUT2D eigenvalue weighted by Crippen LogP contribution is -2.42. The molecule has 0 heterocycles. The van der Waals surface area contributed by atoms with Crippen molar-refractivity contribution in [1.29, 1.82) is 0 Å². The van der Waals surface area contributed by atoms with Crippen LogP contribution in [0.1, 0.15) is 11.1 Å². The molecule has 0 atom stereocenters. The van der Waals surface area contributed by atoms with Crippen molar-refractivity contribution in [3.63, 3.8) is 0 Å². The maximum atomic E-state index is 12.6. The van der Waals surface area contributed by atoms with Crippen molar-refractivity contribution in [3.8, 4) is 5.75 Å². The largest absolute Gasteiger partial charge is 0.497 e. The summed E-state index contributed by atoms with van der Waals surface area (Å²) in [4.78, 5) is 12.6. The van der Waals surface area contributed by atoms with Crippen LogP contribution in [0.4, 0.5) is 5.69 Å². The molecule has 132 valence electrons. The van der Waals surface area contributed by atoms with Crippen LogP contribution in [0.15, 0.2) is 84.9 Å². The van der Waals surface area contributed by atoms with Gasteiger partial charge in [-0.05, 0) is 35.4 Å². The number of anilines is 1. The fraction of sp³-hybridized carbons (Fsp3) is 0.136. The minimum Gasteiger partial charge on any atom is -0.497 e. The third kappa shape index (κ3) is 4.86. The van der Waals surface area contributed by atoms with Crippen molar-refractivity contribution in [2.75, 3.05) is 12.1 Å². The highest BCUT2D eigenvalue weighted by Crippen LogP contribution is 2.16. The SMILES string of the molecule is COc1ccc(CC(=O)NN(Cc2ccccc2)c2ccccc2)cc1. The highest BCUT2D eigenvalue weighted by Gasteiger charge is 2.11. The topological polar surface area (TPSA) is 41.6 Å². The Kier molecular flexibility index (Phi) is 5.88. The van der Waals surface area contributed by atoms with Gasteiger partial charge in [0.15, 0.2) is 0 Å². The van der Waals surface area contributed by atoms with Crippen molar-refractivity contribution in [3.05, 3.63) is 96.1 Å². The molecular formula is C22H22N2O2. The smallest absolute Gasteiger partial charge is 0.242 e.